The van der Waals surface area contributed by atoms with Crippen LogP contribution in [-0.2, 0) is 27.1 Å². The van der Waals surface area contributed by atoms with E-state index in [1.807, 2.05) is 48.5 Å². The SMILES string of the molecule is CN(Cc1ccc2c(c1)OCCO2)C(=O)C1CCN(S(=O)(=O)Cc2ccccc2)CC1. The molecule has 2 aromatic carbocycles. The van der Waals surface area contributed by atoms with Gasteiger partial charge in [0.05, 0.1) is 5.75 Å². The van der Waals surface area contributed by atoms with Crippen molar-refractivity contribution in [3.63, 3.8) is 0 Å². The van der Waals surface area contributed by atoms with E-state index in [-0.39, 0.29) is 17.6 Å². The number of hydrogen-bond acceptors (Lipinski definition) is 5. The molecule has 1 saturated heterocycles. The number of nitrogens with zero attached hydrogens (tertiary/aromatic N) is 2. The minimum atomic E-state index is -3.38. The van der Waals surface area contributed by atoms with Crippen molar-refractivity contribution in [2.24, 2.45) is 5.92 Å². The number of piperidine rings is 1. The zero-order valence-corrected chi connectivity index (χ0v) is 18.5. The fourth-order valence-electron chi connectivity index (χ4n) is 4.11. The van der Waals surface area contributed by atoms with Gasteiger partial charge in [-0.1, -0.05) is 36.4 Å². The first-order valence-electron chi connectivity index (χ1n) is 10.6. The van der Waals surface area contributed by atoms with Crippen LogP contribution in [0.3, 0.4) is 0 Å². The van der Waals surface area contributed by atoms with Crippen LogP contribution >= 0.6 is 0 Å². The monoisotopic (exact) mass is 444 g/mol. The average molecular weight is 445 g/mol. The molecule has 0 saturated carbocycles. The predicted octanol–water partition coefficient (Wildman–Crippen LogP) is 2.66. The lowest BCUT2D eigenvalue weighted by Gasteiger charge is -2.32. The van der Waals surface area contributed by atoms with Gasteiger partial charge in [-0.25, -0.2) is 12.7 Å². The number of sulfonamides is 1. The highest BCUT2D eigenvalue weighted by atomic mass is 32.2. The van der Waals surface area contributed by atoms with E-state index in [9.17, 15) is 13.2 Å². The zero-order valence-electron chi connectivity index (χ0n) is 17.7. The molecule has 1 fully saturated rings. The fraction of sp³-hybridized carbons (Fsp3) is 0.435. The molecule has 0 radical (unpaired) electrons. The van der Waals surface area contributed by atoms with Crippen LogP contribution in [0.5, 0.6) is 11.5 Å². The number of fused-ring (bicyclic) bond motifs is 1. The molecule has 0 atom stereocenters. The van der Waals surface area contributed by atoms with E-state index in [1.54, 1.807) is 11.9 Å². The molecule has 0 aromatic heterocycles. The van der Waals surface area contributed by atoms with Crippen molar-refractivity contribution in [3.05, 3.63) is 59.7 Å². The lowest BCUT2D eigenvalue weighted by molar-refractivity contribution is -0.135. The van der Waals surface area contributed by atoms with E-state index >= 15 is 0 Å². The second kappa shape index (κ2) is 9.28. The fourth-order valence-corrected chi connectivity index (χ4v) is 5.67. The molecule has 1 amide bonds. The van der Waals surface area contributed by atoms with Gasteiger partial charge < -0.3 is 14.4 Å². The molecule has 0 spiro atoms. The Bertz CT molecular complexity index is 1020. The normalized spacial score (nSPS) is 17.3. The summed E-state index contributed by atoms with van der Waals surface area (Å²) in [6, 6.07) is 14.9. The summed E-state index contributed by atoms with van der Waals surface area (Å²) in [4.78, 5) is 14.7. The number of hydrogen-bond donors (Lipinski definition) is 0. The molecule has 2 aliphatic heterocycles. The van der Waals surface area contributed by atoms with Crippen LogP contribution < -0.4 is 9.47 Å². The standard InChI is InChI=1S/C23H28N2O5S/c1-24(16-19-7-8-21-22(15-19)30-14-13-29-21)23(26)20-9-11-25(12-10-20)31(27,28)17-18-5-3-2-4-6-18/h2-8,15,20H,9-14,16-17H2,1H3. The smallest absolute Gasteiger partial charge is 0.225 e. The zero-order chi connectivity index (χ0) is 21.8. The summed E-state index contributed by atoms with van der Waals surface area (Å²) < 4.78 is 38.1. The van der Waals surface area contributed by atoms with Gasteiger partial charge in [0.25, 0.3) is 0 Å². The highest BCUT2D eigenvalue weighted by Gasteiger charge is 2.32. The third kappa shape index (κ3) is 5.19. The maximum Gasteiger partial charge on any atom is 0.225 e. The van der Waals surface area contributed by atoms with Crippen molar-refractivity contribution >= 4 is 15.9 Å². The van der Waals surface area contributed by atoms with Crippen molar-refractivity contribution in [1.29, 1.82) is 0 Å². The Hall–Kier alpha value is -2.58. The number of ether oxygens (including phenoxy) is 2. The summed E-state index contributed by atoms with van der Waals surface area (Å²) in [5.41, 5.74) is 1.75. The second-order valence-corrected chi connectivity index (χ2v) is 10.1. The van der Waals surface area contributed by atoms with Gasteiger partial charge in [-0.05, 0) is 36.1 Å². The average Bonchev–Trinajstić information content (AvgIpc) is 2.79. The van der Waals surface area contributed by atoms with Crippen LogP contribution in [0.4, 0.5) is 0 Å². The van der Waals surface area contributed by atoms with E-state index in [0.717, 1.165) is 16.9 Å². The third-order valence-corrected chi connectivity index (χ3v) is 7.64. The van der Waals surface area contributed by atoms with Crippen molar-refractivity contribution in [2.75, 3.05) is 33.4 Å². The second-order valence-electron chi connectivity index (χ2n) is 8.09. The summed E-state index contributed by atoms with van der Waals surface area (Å²) in [5, 5.41) is 0. The molecule has 0 unspecified atom stereocenters. The Balaban J connectivity index is 1.31. The molecule has 2 aliphatic rings. The van der Waals surface area contributed by atoms with Crippen LogP contribution in [-0.4, -0.2) is 56.9 Å². The van der Waals surface area contributed by atoms with Crippen molar-refractivity contribution in [3.8, 4) is 11.5 Å². The largest absolute Gasteiger partial charge is 0.486 e. The molecule has 0 bridgehead atoms. The molecule has 7 nitrogen and oxygen atoms in total. The Kier molecular flexibility index (Phi) is 6.48. The number of amides is 1. The molecule has 8 heteroatoms. The van der Waals surface area contributed by atoms with Gasteiger partial charge in [-0.3, -0.25) is 4.79 Å². The van der Waals surface area contributed by atoms with Crippen molar-refractivity contribution < 1.29 is 22.7 Å². The van der Waals surface area contributed by atoms with Crippen LogP contribution in [0, 0.1) is 5.92 Å². The molecule has 166 valence electrons. The van der Waals surface area contributed by atoms with Gasteiger partial charge in [-0.2, -0.15) is 0 Å². The molecule has 0 N–H and O–H groups in total. The third-order valence-electron chi connectivity index (χ3n) is 5.79. The molecule has 4 rings (SSSR count). The summed E-state index contributed by atoms with van der Waals surface area (Å²) >= 11 is 0. The van der Waals surface area contributed by atoms with Crippen LogP contribution in [0.1, 0.15) is 24.0 Å². The van der Waals surface area contributed by atoms with Crippen molar-refractivity contribution in [1.82, 2.24) is 9.21 Å². The lowest BCUT2D eigenvalue weighted by atomic mass is 9.96. The van der Waals surface area contributed by atoms with Gasteiger partial charge in [-0.15, -0.1) is 0 Å². The van der Waals surface area contributed by atoms with E-state index < -0.39 is 10.0 Å². The van der Waals surface area contributed by atoms with E-state index in [1.165, 1.54) is 4.31 Å². The summed E-state index contributed by atoms with van der Waals surface area (Å²) in [6.07, 6.45) is 1.08. The minimum absolute atomic E-state index is 0.00350. The molecule has 31 heavy (non-hydrogen) atoms. The quantitative estimate of drug-likeness (QED) is 0.685. The molecule has 2 aromatic rings. The molecule has 0 aliphatic carbocycles. The van der Waals surface area contributed by atoms with Gasteiger partial charge >= 0.3 is 0 Å². The predicted molar refractivity (Wildman–Crippen MR) is 117 cm³/mol. The highest BCUT2D eigenvalue weighted by molar-refractivity contribution is 7.88. The minimum Gasteiger partial charge on any atom is -0.486 e. The first-order chi connectivity index (χ1) is 14.9. The van der Waals surface area contributed by atoms with Crippen molar-refractivity contribution in [2.45, 2.75) is 25.1 Å². The van der Waals surface area contributed by atoms with E-state index in [0.29, 0.717) is 51.4 Å². The Morgan fingerprint density at radius 1 is 1.00 bits per heavy atom. The highest BCUT2D eigenvalue weighted by Crippen LogP contribution is 2.31. The molecule has 2 heterocycles. The molecular weight excluding hydrogens is 416 g/mol. The Labute approximate surface area is 183 Å². The number of rotatable bonds is 6. The maximum atomic E-state index is 12.9. The van der Waals surface area contributed by atoms with Gasteiger partial charge in [0.15, 0.2) is 11.5 Å². The molecular formula is C23H28N2O5S. The van der Waals surface area contributed by atoms with Gasteiger partial charge in [0.1, 0.15) is 13.2 Å². The van der Waals surface area contributed by atoms with Crippen LogP contribution in [0.15, 0.2) is 48.5 Å². The summed E-state index contributed by atoms with van der Waals surface area (Å²) in [6.45, 7) is 2.30. The van der Waals surface area contributed by atoms with Gasteiger partial charge in [0, 0.05) is 32.6 Å². The first-order valence-corrected chi connectivity index (χ1v) is 12.2. The van der Waals surface area contributed by atoms with Crippen LogP contribution in [0.25, 0.3) is 0 Å². The Morgan fingerprint density at radius 3 is 2.39 bits per heavy atom. The number of benzene rings is 2. The Morgan fingerprint density at radius 2 is 1.68 bits per heavy atom. The number of carbonyl (C=O) groups is 1. The maximum absolute atomic E-state index is 12.9. The van der Waals surface area contributed by atoms with Crippen LogP contribution in [0.2, 0.25) is 0 Å². The summed E-state index contributed by atoms with van der Waals surface area (Å²) in [5.74, 6) is 1.33. The summed E-state index contributed by atoms with van der Waals surface area (Å²) in [7, 11) is -1.59. The number of carbonyl (C=O) groups excluding carboxylic acids is 1. The van der Waals surface area contributed by atoms with E-state index in [2.05, 4.69) is 0 Å². The van der Waals surface area contributed by atoms with E-state index in [4.69, 9.17) is 9.47 Å². The van der Waals surface area contributed by atoms with Gasteiger partial charge in [0.2, 0.25) is 15.9 Å². The lowest BCUT2D eigenvalue weighted by Crippen LogP contribution is -2.43. The topological polar surface area (TPSA) is 76.2 Å². The first kappa shape index (κ1) is 21.6.